The number of aliphatic hydroxyl groups excluding tert-OH is 1. The van der Waals surface area contributed by atoms with E-state index in [-0.39, 0.29) is 26.4 Å². The number of aliphatic hydroxyl groups is 1. The molecule has 2 atom stereocenters. The van der Waals surface area contributed by atoms with Crippen LogP contribution in [-0.4, -0.2) is 71.8 Å². The number of rotatable bonds is 6. The largest absolute Gasteiger partial charge is 0.464 e. The van der Waals surface area contributed by atoms with Gasteiger partial charge >= 0.3 is 18.2 Å². The Kier molecular flexibility index (Phi) is 7.07. The smallest absolute Gasteiger partial charge is 0.430 e. The number of hydrogen-bond acceptors (Lipinski definition) is 7. The highest BCUT2D eigenvalue weighted by Crippen LogP contribution is 2.22. The Morgan fingerprint density at radius 1 is 1.13 bits per heavy atom. The third kappa shape index (κ3) is 4.46. The average Bonchev–Trinajstić information content (AvgIpc) is 2.88. The molecule has 0 saturated carbocycles. The number of β-amino-alcohol motifs (C(OH)–C–C–N with tert-alkyl or cyclic N) is 1. The van der Waals surface area contributed by atoms with Crippen molar-refractivity contribution in [3.8, 4) is 0 Å². The maximum Gasteiger partial charge on any atom is 0.430 e. The first-order valence-electron chi connectivity index (χ1n) is 6.94. The van der Waals surface area contributed by atoms with Gasteiger partial charge in [-0.3, -0.25) is 0 Å². The van der Waals surface area contributed by atoms with Gasteiger partial charge in [0.15, 0.2) is 6.04 Å². The molecular formula is C14H20N2O7. The van der Waals surface area contributed by atoms with Gasteiger partial charge in [0, 0.05) is 0 Å². The summed E-state index contributed by atoms with van der Waals surface area (Å²) in [6.07, 6.45) is -0.597. The molecule has 1 rings (SSSR count). The summed E-state index contributed by atoms with van der Waals surface area (Å²) in [5.74, 6) is -0.852. The average molecular weight is 328 g/mol. The lowest BCUT2D eigenvalue weighted by Gasteiger charge is -2.28. The van der Waals surface area contributed by atoms with E-state index in [4.69, 9.17) is 14.2 Å². The Morgan fingerprint density at radius 2 is 1.70 bits per heavy atom. The summed E-state index contributed by atoms with van der Waals surface area (Å²) in [4.78, 5) is 36.1. The second-order valence-corrected chi connectivity index (χ2v) is 4.42. The summed E-state index contributed by atoms with van der Waals surface area (Å²) in [7, 11) is 0. The topological polar surface area (TPSA) is 106 Å². The standard InChI is InChI=1S/C14H20N2O7/c1-4-7-22-13(19)15-9-10(17)11(12(18)21-6-3)16(15)14(20)23-8-5-2/h4-5,10-11,17H,1-2,6-9H2,3H3. The van der Waals surface area contributed by atoms with Crippen molar-refractivity contribution in [2.75, 3.05) is 26.4 Å². The van der Waals surface area contributed by atoms with Crippen molar-refractivity contribution in [2.45, 2.75) is 19.1 Å². The zero-order valence-electron chi connectivity index (χ0n) is 12.8. The molecule has 1 saturated heterocycles. The summed E-state index contributed by atoms with van der Waals surface area (Å²) in [6, 6.07) is -1.40. The number of amides is 2. The highest BCUT2D eigenvalue weighted by atomic mass is 16.6. The van der Waals surface area contributed by atoms with Crippen LogP contribution >= 0.6 is 0 Å². The lowest BCUT2D eigenvalue weighted by molar-refractivity contribution is -0.153. The van der Waals surface area contributed by atoms with Crippen molar-refractivity contribution in [3.63, 3.8) is 0 Å². The van der Waals surface area contributed by atoms with E-state index in [1.54, 1.807) is 6.92 Å². The molecule has 1 fully saturated rings. The molecule has 2 amide bonds. The minimum atomic E-state index is -1.40. The van der Waals surface area contributed by atoms with Crippen LogP contribution in [0.15, 0.2) is 25.3 Å². The van der Waals surface area contributed by atoms with E-state index >= 15 is 0 Å². The minimum Gasteiger partial charge on any atom is -0.464 e. The van der Waals surface area contributed by atoms with Gasteiger partial charge in [-0.1, -0.05) is 25.3 Å². The number of carbonyl (C=O) groups is 3. The lowest BCUT2D eigenvalue weighted by atomic mass is 10.2. The number of esters is 1. The molecule has 9 heteroatoms. The molecule has 128 valence electrons. The van der Waals surface area contributed by atoms with E-state index in [0.717, 1.165) is 5.01 Å². The Morgan fingerprint density at radius 3 is 2.22 bits per heavy atom. The summed E-state index contributed by atoms with van der Waals surface area (Å²) in [5, 5.41) is 11.5. The zero-order chi connectivity index (χ0) is 17.4. The van der Waals surface area contributed by atoms with Crippen molar-refractivity contribution >= 4 is 18.2 Å². The molecule has 0 aromatic carbocycles. The van der Waals surface area contributed by atoms with Gasteiger partial charge in [0.25, 0.3) is 0 Å². The third-order valence-electron chi connectivity index (χ3n) is 2.82. The van der Waals surface area contributed by atoms with Gasteiger partial charge in [0.2, 0.25) is 0 Å². The fourth-order valence-corrected chi connectivity index (χ4v) is 1.94. The van der Waals surface area contributed by atoms with Crippen molar-refractivity contribution in [3.05, 3.63) is 25.3 Å². The molecule has 1 N–H and O–H groups in total. The molecule has 0 spiro atoms. The fourth-order valence-electron chi connectivity index (χ4n) is 1.94. The normalized spacial score (nSPS) is 19.9. The Labute approximate surface area is 133 Å². The second-order valence-electron chi connectivity index (χ2n) is 4.42. The molecule has 0 radical (unpaired) electrons. The number of hydrogen-bond donors (Lipinski definition) is 1. The highest BCUT2D eigenvalue weighted by Gasteiger charge is 2.50. The second kappa shape index (κ2) is 8.79. The van der Waals surface area contributed by atoms with Gasteiger partial charge in [0.1, 0.15) is 19.3 Å². The molecular weight excluding hydrogens is 308 g/mol. The first-order chi connectivity index (χ1) is 11.0. The molecule has 0 aliphatic carbocycles. The first-order valence-corrected chi connectivity index (χ1v) is 6.94. The van der Waals surface area contributed by atoms with Gasteiger partial charge in [-0.25, -0.2) is 19.4 Å². The van der Waals surface area contributed by atoms with Gasteiger partial charge < -0.3 is 19.3 Å². The van der Waals surface area contributed by atoms with Gasteiger partial charge in [-0.05, 0) is 6.92 Å². The molecule has 2 unspecified atom stereocenters. The van der Waals surface area contributed by atoms with Crippen LogP contribution in [0.25, 0.3) is 0 Å². The van der Waals surface area contributed by atoms with Crippen molar-refractivity contribution in [1.82, 2.24) is 10.0 Å². The number of nitrogens with zero attached hydrogens (tertiary/aromatic N) is 2. The van der Waals surface area contributed by atoms with Crippen LogP contribution in [0, 0.1) is 0 Å². The Bertz CT molecular complexity index is 480. The highest BCUT2D eigenvalue weighted by molar-refractivity contribution is 5.85. The molecule has 0 bridgehead atoms. The molecule has 1 heterocycles. The summed E-state index contributed by atoms with van der Waals surface area (Å²) in [5.41, 5.74) is 0. The van der Waals surface area contributed by atoms with E-state index in [0.29, 0.717) is 5.01 Å². The van der Waals surface area contributed by atoms with E-state index < -0.39 is 30.3 Å². The monoisotopic (exact) mass is 328 g/mol. The van der Waals surface area contributed by atoms with E-state index in [2.05, 4.69) is 13.2 Å². The molecule has 0 aromatic heterocycles. The molecule has 9 nitrogen and oxygen atoms in total. The summed E-state index contributed by atoms with van der Waals surface area (Å²) >= 11 is 0. The fraction of sp³-hybridized carbons (Fsp3) is 0.500. The quantitative estimate of drug-likeness (QED) is 0.429. The van der Waals surface area contributed by atoms with Crippen LogP contribution in [0.4, 0.5) is 9.59 Å². The van der Waals surface area contributed by atoms with Gasteiger partial charge in [-0.15, -0.1) is 0 Å². The van der Waals surface area contributed by atoms with Crippen LogP contribution < -0.4 is 0 Å². The number of hydrazine groups is 1. The molecule has 1 aliphatic rings. The van der Waals surface area contributed by atoms with E-state index in [1.807, 2.05) is 0 Å². The van der Waals surface area contributed by atoms with Crippen LogP contribution in [0.5, 0.6) is 0 Å². The maximum absolute atomic E-state index is 12.1. The number of ether oxygens (including phenoxy) is 3. The van der Waals surface area contributed by atoms with Gasteiger partial charge in [0.05, 0.1) is 13.2 Å². The van der Waals surface area contributed by atoms with E-state index in [1.165, 1.54) is 12.2 Å². The van der Waals surface area contributed by atoms with Crippen LogP contribution in [-0.2, 0) is 19.0 Å². The Balaban J connectivity index is 3.01. The van der Waals surface area contributed by atoms with Crippen LogP contribution in [0.1, 0.15) is 6.92 Å². The van der Waals surface area contributed by atoms with Crippen molar-refractivity contribution in [1.29, 1.82) is 0 Å². The predicted octanol–water partition coefficient (Wildman–Crippen LogP) is 0.457. The summed E-state index contributed by atoms with van der Waals surface area (Å²) in [6.45, 7) is 7.90. The van der Waals surface area contributed by atoms with Gasteiger partial charge in [-0.2, -0.15) is 5.01 Å². The van der Waals surface area contributed by atoms with Crippen molar-refractivity contribution < 1.29 is 33.7 Å². The zero-order valence-corrected chi connectivity index (χ0v) is 12.8. The van der Waals surface area contributed by atoms with Crippen molar-refractivity contribution in [2.24, 2.45) is 0 Å². The lowest BCUT2D eigenvalue weighted by Crippen LogP contribution is -2.52. The van der Waals surface area contributed by atoms with E-state index in [9.17, 15) is 19.5 Å². The minimum absolute atomic E-state index is 0.0541. The van der Waals surface area contributed by atoms with Crippen LogP contribution in [0.2, 0.25) is 0 Å². The maximum atomic E-state index is 12.1. The van der Waals surface area contributed by atoms with Crippen LogP contribution in [0.3, 0.4) is 0 Å². The third-order valence-corrected chi connectivity index (χ3v) is 2.82. The number of carbonyl (C=O) groups excluding carboxylic acids is 3. The molecule has 23 heavy (non-hydrogen) atoms. The molecule has 1 aliphatic heterocycles. The Hall–Kier alpha value is -2.55. The summed E-state index contributed by atoms with van der Waals surface area (Å²) < 4.78 is 14.5. The first kappa shape index (κ1) is 18.5. The predicted molar refractivity (Wildman–Crippen MR) is 78.1 cm³/mol. The molecule has 0 aromatic rings. The SMILES string of the molecule is C=CCOC(=O)N1CC(O)C(C(=O)OCC)N1C(=O)OCC=C.